The molecule has 0 amide bonds. The molecule has 1 fully saturated rings. The highest BCUT2D eigenvalue weighted by Gasteiger charge is 2.43. The normalized spacial score (nSPS) is 30.0. The second kappa shape index (κ2) is 4.21. The van der Waals surface area contributed by atoms with E-state index in [1.165, 1.54) is 6.92 Å². The van der Waals surface area contributed by atoms with E-state index in [1.54, 1.807) is 0 Å². The molecule has 0 aromatic carbocycles. The second-order valence-electron chi connectivity index (χ2n) is 4.53. The van der Waals surface area contributed by atoms with Crippen LogP contribution in [0.15, 0.2) is 0 Å². The average Bonchev–Trinajstić information content (AvgIpc) is 2.37. The molecule has 0 aromatic heterocycles. The Balaban J connectivity index is 2.90. The maximum atomic E-state index is 11.7. The van der Waals surface area contributed by atoms with Gasteiger partial charge in [0.25, 0.3) is 0 Å². The molecule has 17 heavy (non-hydrogen) atoms. The Morgan fingerprint density at radius 1 is 1.47 bits per heavy atom. The van der Waals surface area contributed by atoms with Crippen LogP contribution in [0.1, 0.15) is 20.3 Å². The molecule has 2 unspecified atom stereocenters. The molecular weight excluding hydrogens is 270 g/mol. The molecule has 1 aliphatic rings. The standard InChI is InChI=1S/C8H15NO6S2/c1-6(7(10)11)17(14,15)9-8(2)3-4-16(12,13)5-8/h6,9H,3-5H2,1-2H3,(H,10,11). The van der Waals surface area contributed by atoms with E-state index in [4.69, 9.17) is 5.11 Å². The van der Waals surface area contributed by atoms with Gasteiger partial charge in [0.1, 0.15) is 0 Å². The molecule has 0 radical (unpaired) electrons. The van der Waals surface area contributed by atoms with Crippen molar-refractivity contribution in [3.8, 4) is 0 Å². The molecule has 0 bridgehead atoms. The first-order valence-corrected chi connectivity index (χ1v) is 8.30. The predicted molar refractivity (Wildman–Crippen MR) is 60.8 cm³/mol. The maximum absolute atomic E-state index is 11.7. The van der Waals surface area contributed by atoms with Gasteiger partial charge in [-0.15, -0.1) is 0 Å². The zero-order chi connectivity index (χ0) is 13.5. The Morgan fingerprint density at radius 3 is 2.35 bits per heavy atom. The first kappa shape index (κ1) is 14.4. The van der Waals surface area contributed by atoms with Crippen molar-refractivity contribution in [1.29, 1.82) is 0 Å². The number of sulfone groups is 1. The fourth-order valence-corrected chi connectivity index (χ4v) is 5.14. The minimum atomic E-state index is -4.07. The van der Waals surface area contributed by atoms with E-state index in [0.29, 0.717) is 0 Å². The first-order valence-electron chi connectivity index (χ1n) is 4.93. The Labute approximate surface area is 100 Å². The van der Waals surface area contributed by atoms with Crippen molar-refractivity contribution in [2.45, 2.75) is 31.1 Å². The summed E-state index contributed by atoms with van der Waals surface area (Å²) in [5.74, 6) is -1.86. The fourth-order valence-electron chi connectivity index (χ4n) is 1.66. The second-order valence-corrected chi connectivity index (χ2v) is 8.72. The lowest BCUT2D eigenvalue weighted by Gasteiger charge is -2.24. The number of nitrogens with one attached hydrogen (secondary N) is 1. The summed E-state index contributed by atoms with van der Waals surface area (Å²) in [4.78, 5) is 10.6. The summed E-state index contributed by atoms with van der Waals surface area (Å²) in [7, 11) is -7.31. The van der Waals surface area contributed by atoms with Crippen LogP contribution < -0.4 is 4.72 Å². The lowest BCUT2D eigenvalue weighted by Crippen LogP contribution is -2.51. The molecule has 0 aromatic rings. The minimum Gasteiger partial charge on any atom is -0.480 e. The monoisotopic (exact) mass is 285 g/mol. The molecule has 1 aliphatic heterocycles. The van der Waals surface area contributed by atoms with E-state index in [-0.39, 0.29) is 17.9 Å². The van der Waals surface area contributed by atoms with Gasteiger partial charge >= 0.3 is 5.97 Å². The number of hydrogen-bond donors (Lipinski definition) is 2. The Hall–Kier alpha value is -0.670. The summed E-state index contributed by atoms with van der Waals surface area (Å²) in [6, 6.07) is 0. The van der Waals surface area contributed by atoms with Crippen LogP contribution in [0.2, 0.25) is 0 Å². The van der Waals surface area contributed by atoms with E-state index in [1.807, 2.05) is 0 Å². The summed E-state index contributed by atoms with van der Waals surface area (Å²) in [5.41, 5.74) is -1.11. The van der Waals surface area contributed by atoms with Crippen molar-refractivity contribution < 1.29 is 26.7 Å². The van der Waals surface area contributed by atoms with E-state index in [0.717, 1.165) is 6.92 Å². The van der Waals surface area contributed by atoms with Crippen LogP contribution in [0.3, 0.4) is 0 Å². The third-order valence-corrected chi connectivity index (χ3v) is 6.52. The largest absolute Gasteiger partial charge is 0.480 e. The summed E-state index contributed by atoms with van der Waals surface area (Å²) in [5, 5.41) is 7.03. The molecule has 1 heterocycles. The SMILES string of the molecule is CC(C(=O)O)S(=O)(=O)NC1(C)CCS(=O)(=O)C1. The lowest BCUT2D eigenvalue weighted by atomic mass is 10.0. The minimum absolute atomic E-state index is 0.0898. The summed E-state index contributed by atoms with van der Waals surface area (Å²) >= 11 is 0. The van der Waals surface area contributed by atoms with E-state index < -0.39 is 36.6 Å². The highest BCUT2D eigenvalue weighted by molar-refractivity contribution is 7.92. The molecule has 2 N–H and O–H groups in total. The lowest BCUT2D eigenvalue weighted by molar-refractivity contribution is -0.136. The molecule has 1 saturated heterocycles. The van der Waals surface area contributed by atoms with Crippen molar-refractivity contribution in [2.24, 2.45) is 0 Å². The predicted octanol–water partition coefficient (Wildman–Crippen LogP) is -1.04. The van der Waals surface area contributed by atoms with E-state index >= 15 is 0 Å². The number of sulfonamides is 1. The Kier molecular flexibility index (Phi) is 3.57. The van der Waals surface area contributed by atoms with Crippen molar-refractivity contribution in [2.75, 3.05) is 11.5 Å². The number of carbonyl (C=O) groups is 1. The van der Waals surface area contributed by atoms with Crippen LogP contribution in [-0.2, 0) is 24.7 Å². The Morgan fingerprint density at radius 2 is 2.00 bits per heavy atom. The highest BCUT2D eigenvalue weighted by atomic mass is 32.2. The third kappa shape index (κ3) is 3.39. The van der Waals surface area contributed by atoms with Gasteiger partial charge in [-0.3, -0.25) is 4.79 Å². The molecule has 7 nitrogen and oxygen atoms in total. The molecule has 100 valence electrons. The smallest absolute Gasteiger partial charge is 0.323 e. The van der Waals surface area contributed by atoms with E-state index in [9.17, 15) is 21.6 Å². The average molecular weight is 285 g/mol. The van der Waals surface area contributed by atoms with Crippen molar-refractivity contribution in [3.63, 3.8) is 0 Å². The zero-order valence-electron chi connectivity index (χ0n) is 9.50. The Bertz CT molecular complexity index is 522. The van der Waals surface area contributed by atoms with Crippen LogP contribution in [0.25, 0.3) is 0 Å². The molecular formula is C8H15NO6S2. The van der Waals surface area contributed by atoms with Gasteiger partial charge in [-0.2, -0.15) is 0 Å². The third-order valence-electron chi connectivity index (χ3n) is 2.71. The van der Waals surface area contributed by atoms with Gasteiger partial charge in [0.15, 0.2) is 15.1 Å². The molecule has 0 saturated carbocycles. The molecule has 0 spiro atoms. The number of rotatable bonds is 4. The molecule has 1 rings (SSSR count). The van der Waals surface area contributed by atoms with Crippen molar-refractivity contribution >= 4 is 25.8 Å². The molecule has 0 aliphatic carbocycles. The van der Waals surface area contributed by atoms with Crippen LogP contribution in [0.4, 0.5) is 0 Å². The topological polar surface area (TPSA) is 118 Å². The number of carboxylic acids is 1. The summed E-state index contributed by atoms with van der Waals surface area (Å²) in [6.45, 7) is 2.50. The van der Waals surface area contributed by atoms with Crippen LogP contribution in [0, 0.1) is 0 Å². The van der Waals surface area contributed by atoms with Gasteiger partial charge in [0.2, 0.25) is 10.0 Å². The van der Waals surface area contributed by atoms with Gasteiger partial charge in [0.05, 0.1) is 11.5 Å². The van der Waals surface area contributed by atoms with Gasteiger partial charge in [0, 0.05) is 5.54 Å². The molecule has 9 heteroatoms. The zero-order valence-corrected chi connectivity index (χ0v) is 11.1. The van der Waals surface area contributed by atoms with Crippen LogP contribution >= 0.6 is 0 Å². The van der Waals surface area contributed by atoms with Crippen molar-refractivity contribution in [3.05, 3.63) is 0 Å². The fraction of sp³-hybridized carbons (Fsp3) is 0.875. The quantitative estimate of drug-likeness (QED) is 0.681. The highest BCUT2D eigenvalue weighted by Crippen LogP contribution is 2.24. The van der Waals surface area contributed by atoms with Crippen LogP contribution in [-0.4, -0.2) is 50.2 Å². The van der Waals surface area contributed by atoms with E-state index in [2.05, 4.69) is 4.72 Å². The molecule has 2 atom stereocenters. The number of hydrogen-bond acceptors (Lipinski definition) is 5. The van der Waals surface area contributed by atoms with Gasteiger partial charge in [-0.1, -0.05) is 0 Å². The van der Waals surface area contributed by atoms with Gasteiger partial charge < -0.3 is 5.11 Å². The summed E-state index contributed by atoms with van der Waals surface area (Å²) in [6.07, 6.45) is 0.154. The summed E-state index contributed by atoms with van der Waals surface area (Å²) < 4.78 is 48.1. The van der Waals surface area contributed by atoms with Gasteiger partial charge in [-0.25, -0.2) is 21.6 Å². The van der Waals surface area contributed by atoms with Crippen LogP contribution in [0.5, 0.6) is 0 Å². The number of aliphatic carboxylic acids is 1. The number of carboxylic acid groups (broad SMARTS) is 1. The van der Waals surface area contributed by atoms with Gasteiger partial charge in [-0.05, 0) is 20.3 Å². The maximum Gasteiger partial charge on any atom is 0.323 e. The first-order chi connectivity index (χ1) is 7.48. The van der Waals surface area contributed by atoms with Crippen molar-refractivity contribution in [1.82, 2.24) is 4.72 Å².